The van der Waals surface area contributed by atoms with Crippen molar-refractivity contribution in [2.45, 2.75) is 12.5 Å². The van der Waals surface area contributed by atoms with Crippen molar-refractivity contribution in [1.29, 1.82) is 0 Å². The molecule has 0 aliphatic carbocycles. The van der Waals surface area contributed by atoms with E-state index < -0.39 is 17.4 Å². The summed E-state index contributed by atoms with van der Waals surface area (Å²) in [5, 5.41) is 10.6. The Balaban J connectivity index is 3.16. The molecule has 16 heavy (non-hydrogen) atoms. The van der Waals surface area contributed by atoms with Crippen LogP contribution in [0, 0.1) is 10.1 Å². The molecule has 1 aromatic carbocycles. The molecule has 0 radical (unpaired) electrons. The first-order valence-electron chi connectivity index (χ1n) is 4.33. The van der Waals surface area contributed by atoms with Gasteiger partial charge in [-0.1, -0.05) is 6.07 Å². The van der Waals surface area contributed by atoms with Gasteiger partial charge in [0.05, 0.1) is 18.1 Å². The first-order chi connectivity index (χ1) is 7.47. The number of alkyl halides is 2. The number of hydrogen-bond acceptors (Lipinski definition) is 4. The van der Waals surface area contributed by atoms with Gasteiger partial charge in [0, 0.05) is 6.07 Å². The van der Waals surface area contributed by atoms with Crippen molar-refractivity contribution < 1.29 is 18.4 Å². The summed E-state index contributed by atoms with van der Waals surface area (Å²) in [4.78, 5) is 9.91. The Labute approximate surface area is 90.0 Å². The quantitative estimate of drug-likeness (QED) is 0.634. The van der Waals surface area contributed by atoms with E-state index in [0.29, 0.717) is 0 Å². The van der Waals surface area contributed by atoms with Gasteiger partial charge in [-0.3, -0.25) is 10.1 Å². The highest BCUT2D eigenvalue weighted by molar-refractivity contribution is 5.49. The molecule has 1 rings (SSSR count). The van der Waals surface area contributed by atoms with E-state index in [4.69, 9.17) is 10.5 Å². The van der Waals surface area contributed by atoms with E-state index in [-0.39, 0.29) is 17.0 Å². The van der Waals surface area contributed by atoms with E-state index >= 15 is 0 Å². The molecule has 0 amide bonds. The fourth-order valence-electron chi connectivity index (χ4n) is 1.20. The van der Waals surface area contributed by atoms with Gasteiger partial charge in [-0.15, -0.1) is 0 Å². The van der Waals surface area contributed by atoms with Crippen molar-refractivity contribution in [2.24, 2.45) is 5.73 Å². The van der Waals surface area contributed by atoms with Gasteiger partial charge in [0.25, 0.3) is 6.43 Å². The molecule has 0 spiro atoms. The molecular weight excluding hydrogens is 222 g/mol. The van der Waals surface area contributed by atoms with Gasteiger partial charge >= 0.3 is 5.69 Å². The number of nitro benzene ring substituents is 1. The van der Waals surface area contributed by atoms with Gasteiger partial charge in [-0.2, -0.15) is 0 Å². The molecule has 0 saturated carbocycles. The van der Waals surface area contributed by atoms with Crippen LogP contribution in [0.1, 0.15) is 11.6 Å². The molecule has 88 valence electrons. The van der Waals surface area contributed by atoms with Crippen LogP contribution >= 0.6 is 0 Å². The molecular formula is C9H10F2N2O3. The highest BCUT2D eigenvalue weighted by Gasteiger charge is 2.22. The lowest BCUT2D eigenvalue weighted by molar-refractivity contribution is -0.385. The molecule has 0 bridgehead atoms. The third kappa shape index (κ3) is 2.43. The number of benzene rings is 1. The third-order valence-electron chi connectivity index (χ3n) is 2.06. The highest BCUT2D eigenvalue weighted by Crippen LogP contribution is 2.30. The number of hydrogen-bond donors (Lipinski definition) is 1. The van der Waals surface area contributed by atoms with Crippen LogP contribution in [-0.4, -0.2) is 18.5 Å². The van der Waals surface area contributed by atoms with Gasteiger partial charge < -0.3 is 10.5 Å². The Morgan fingerprint density at radius 1 is 1.50 bits per heavy atom. The summed E-state index contributed by atoms with van der Waals surface area (Å²) in [6, 6.07) is 1.98. The summed E-state index contributed by atoms with van der Waals surface area (Å²) < 4.78 is 29.3. The molecule has 5 nitrogen and oxygen atoms in total. The maximum Gasteiger partial charge on any atom is 0.311 e. The molecule has 7 heteroatoms. The Hall–Kier alpha value is -1.76. The fourth-order valence-corrected chi connectivity index (χ4v) is 1.20. The molecule has 1 aromatic rings. The molecule has 0 heterocycles. The summed E-state index contributed by atoms with van der Waals surface area (Å²) >= 11 is 0. The second kappa shape index (κ2) is 4.84. The smallest absolute Gasteiger partial charge is 0.311 e. The SMILES string of the molecule is COc1ccc([C@@H](N)C(F)F)cc1[N+](=O)[O-]. The Bertz CT molecular complexity index is 398. The van der Waals surface area contributed by atoms with E-state index in [1.54, 1.807) is 0 Å². The number of nitrogens with zero attached hydrogens (tertiary/aromatic N) is 1. The van der Waals surface area contributed by atoms with Gasteiger partial charge in [0.2, 0.25) is 0 Å². The first kappa shape index (κ1) is 12.3. The van der Waals surface area contributed by atoms with Crippen LogP contribution in [-0.2, 0) is 0 Å². The van der Waals surface area contributed by atoms with E-state index in [1.807, 2.05) is 0 Å². The zero-order valence-electron chi connectivity index (χ0n) is 8.39. The fraction of sp³-hybridized carbons (Fsp3) is 0.333. The summed E-state index contributed by atoms with van der Waals surface area (Å²) in [5.74, 6) is 0.00946. The number of nitrogens with two attached hydrogens (primary N) is 1. The summed E-state index contributed by atoms with van der Waals surface area (Å²) in [5.41, 5.74) is 4.81. The van der Waals surface area contributed by atoms with E-state index in [0.717, 1.165) is 6.07 Å². The van der Waals surface area contributed by atoms with E-state index in [9.17, 15) is 18.9 Å². The number of ether oxygens (including phenoxy) is 1. The molecule has 0 saturated heterocycles. The van der Waals surface area contributed by atoms with E-state index in [1.165, 1.54) is 19.2 Å². The first-order valence-corrected chi connectivity index (χ1v) is 4.33. The van der Waals surface area contributed by atoms with Gasteiger partial charge in [0.1, 0.15) is 0 Å². The number of halogens is 2. The Kier molecular flexibility index (Phi) is 3.73. The highest BCUT2D eigenvalue weighted by atomic mass is 19.3. The van der Waals surface area contributed by atoms with Crippen molar-refractivity contribution in [3.8, 4) is 5.75 Å². The van der Waals surface area contributed by atoms with Crippen molar-refractivity contribution >= 4 is 5.69 Å². The topological polar surface area (TPSA) is 78.4 Å². The molecule has 0 aliphatic heterocycles. The summed E-state index contributed by atoms with van der Waals surface area (Å²) in [7, 11) is 1.26. The molecule has 0 fully saturated rings. The standard InChI is InChI=1S/C9H10F2N2O3/c1-16-7-3-2-5(8(12)9(10)11)4-6(7)13(14)15/h2-4,8-9H,12H2,1H3/t8-/m1/s1. The largest absolute Gasteiger partial charge is 0.490 e. The van der Waals surface area contributed by atoms with Crippen molar-refractivity contribution in [2.75, 3.05) is 7.11 Å². The maximum atomic E-state index is 12.3. The van der Waals surface area contributed by atoms with Crippen LogP contribution in [0.15, 0.2) is 18.2 Å². The minimum atomic E-state index is -2.77. The zero-order valence-corrected chi connectivity index (χ0v) is 8.39. The normalized spacial score (nSPS) is 12.6. The van der Waals surface area contributed by atoms with Crippen molar-refractivity contribution in [3.63, 3.8) is 0 Å². The minimum absolute atomic E-state index is 0.00231. The van der Waals surface area contributed by atoms with Crippen molar-refractivity contribution in [3.05, 3.63) is 33.9 Å². The number of nitro groups is 1. The van der Waals surface area contributed by atoms with Crippen LogP contribution in [0.3, 0.4) is 0 Å². The zero-order chi connectivity index (χ0) is 12.3. The van der Waals surface area contributed by atoms with Gasteiger partial charge in [-0.25, -0.2) is 8.78 Å². The Morgan fingerprint density at radius 2 is 2.12 bits per heavy atom. The third-order valence-corrected chi connectivity index (χ3v) is 2.06. The summed E-state index contributed by atoms with van der Waals surface area (Å²) in [6.07, 6.45) is -2.77. The van der Waals surface area contributed by atoms with Gasteiger partial charge in [-0.05, 0) is 11.6 Å². The minimum Gasteiger partial charge on any atom is -0.490 e. The number of methoxy groups -OCH3 is 1. The molecule has 0 unspecified atom stereocenters. The van der Waals surface area contributed by atoms with Crippen LogP contribution in [0.2, 0.25) is 0 Å². The molecule has 1 atom stereocenters. The maximum absolute atomic E-state index is 12.3. The lowest BCUT2D eigenvalue weighted by Crippen LogP contribution is -2.19. The molecule has 0 aromatic heterocycles. The predicted octanol–water partition coefficient (Wildman–Crippen LogP) is 1.87. The average molecular weight is 232 g/mol. The van der Waals surface area contributed by atoms with Gasteiger partial charge in [0.15, 0.2) is 5.75 Å². The second-order valence-corrected chi connectivity index (χ2v) is 3.05. The predicted molar refractivity (Wildman–Crippen MR) is 52.6 cm³/mol. The van der Waals surface area contributed by atoms with Crippen LogP contribution in [0.5, 0.6) is 5.75 Å². The van der Waals surface area contributed by atoms with Crippen molar-refractivity contribution in [1.82, 2.24) is 0 Å². The van der Waals surface area contributed by atoms with Crippen LogP contribution in [0.25, 0.3) is 0 Å². The Morgan fingerprint density at radius 3 is 2.56 bits per heavy atom. The van der Waals surface area contributed by atoms with E-state index in [2.05, 4.69) is 0 Å². The number of rotatable bonds is 4. The van der Waals surface area contributed by atoms with Crippen LogP contribution < -0.4 is 10.5 Å². The lowest BCUT2D eigenvalue weighted by Gasteiger charge is -2.11. The average Bonchev–Trinajstić information content (AvgIpc) is 2.26. The lowest BCUT2D eigenvalue weighted by atomic mass is 10.1. The van der Waals surface area contributed by atoms with Crippen LogP contribution in [0.4, 0.5) is 14.5 Å². The monoisotopic (exact) mass is 232 g/mol. The second-order valence-electron chi connectivity index (χ2n) is 3.05. The summed E-state index contributed by atoms with van der Waals surface area (Å²) in [6.45, 7) is 0. The molecule has 0 aliphatic rings. The molecule has 2 N–H and O–H groups in total.